The van der Waals surface area contributed by atoms with Gasteiger partial charge in [-0.15, -0.1) is 0 Å². The number of aromatic nitrogens is 1. The highest BCUT2D eigenvalue weighted by Crippen LogP contribution is 2.42. The van der Waals surface area contributed by atoms with E-state index < -0.39 is 0 Å². The van der Waals surface area contributed by atoms with E-state index in [1.165, 1.54) is 0 Å². The van der Waals surface area contributed by atoms with Crippen LogP contribution >= 0.6 is 0 Å². The average Bonchev–Trinajstić information content (AvgIpc) is 3.14. The standard InChI is InChI=1S/C20H29N3O3/c1-4-21-9-5-6-17(21)18(24)22-10-15-7-8-16(11-22)23(15)19(25)20(14(2)3)12-26-13-20/h5-6,9,14-16H,4,7-8,10-13H2,1-3H3. The van der Waals surface area contributed by atoms with Crippen LogP contribution in [0, 0.1) is 11.3 Å². The maximum absolute atomic E-state index is 13.3. The van der Waals surface area contributed by atoms with Gasteiger partial charge in [0.2, 0.25) is 5.91 Å². The van der Waals surface area contributed by atoms with Gasteiger partial charge in [-0.3, -0.25) is 9.59 Å². The Bertz CT molecular complexity index is 693. The number of amides is 2. The Morgan fingerprint density at radius 3 is 2.38 bits per heavy atom. The van der Waals surface area contributed by atoms with E-state index in [1.54, 1.807) is 0 Å². The Morgan fingerprint density at radius 1 is 1.23 bits per heavy atom. The molecule has 3 saturated heterocycles. The molecule has 1 aromatic heterocycles. The van der Waals surface area contributed by atoms with Crippen molar-refractivity contribution in [2.75, 3.05) is 26.3 Å². The largest absolute Gasteiger partial charge is 0.379 e. The lowest BCUT2D eigenvalue weighted by molar-refractivity contribution is -0.187. The van der Waals surface area contributed by atoms with Gasteiger partial charge in [0.25, 0.3) is 5.91 Å². The summed E-state index contributed by atoms with van der Waals surface area (Å²) >= 11 is 0. The highest BCUT2D eigenvalue weighted by atomic mass is 16.5. The summed E-state index contributed by atoms with van der Waals surface area (Å²) in [5, 5.41) is 0. The van der Waals surface area contributed by atoms with Gasteiger partial charge in [-0.05, 0) is 37.8 Å². The minimum Gasteiger partial charge on any atom is -0.379 e. The van der Waals surface area contributed by atoms with Crippen molar-refractivity contribution in [3.05, 3.63) is 24.0 Å². The van der Waals surface area contributed by atoms with E-state index in [0.717, 1.165) is 25.1 Å². The van der Waals surface area contributed by atoms with Gasteiger partial charge in [0.15, 0.2) is 0 Å². The van der Waals surface area contributed by atoms with Gasteiger partial charge >= 0.3 is 0 Å². The second kappa shape index (κ2) is 6.41. The van der Waals surface area contributed by atoms with Crippen LogP contribution in [0.5, 0.6) is 0 Å². The number of likely N-dealkylation sites (tertiary alicyclic amines) is 1. The van der Waals surface area contributed by atoms with Gasteiger partial charge in [0, 0.05) is 37.9 Å². The Morgan fingerprint density at radius 2 is 1.88 bits per heavy atom. The van der Waals surface area contributed by atoms with Crippen molar-refractivity contribution in [3.63, 3.8) is 0 Å². The summed E-state index contributed by atoms with van der Waals surface area (Å²) < 4.78 is 7.41. The second-order valence-corrected chi connectivity index (χ2v) is 8.29. The van der Waals surface area contributed by atoms with Crippen molar-refractivity contribution in [2.24, 2.45) is 11.3 Å². The van der Waals surface area contributed by atoms with Crippen LogP contribution in [0.3, 0.4) is 0 Å². The summed E-state index contributed by atoms with van der Waals surface area (Å²) in [5.41, 5.74) is 0.391. The molecule has 0 saturated carbocycles. The second-order valence-electron chi connectivity index (χ2n) is 8.29. The van der Waals surface area contributed by atoms with Crippen LogP contribution < -0.4 is 0 Å². The Kier molecular flexibility index (Phi) is 4.34. The molecule has 6 heteroatoms. The first kappa shape index (κ1) is 17.6. The van der Waals surface area contributed by atoms with Gasteiger partial charge < -0.3 is 19.1 Å². The Labute approximate surface area is 155 Å². The van der Waals surface area contributed by atoms with Crippen LogP contribution in [-0.4, -0.2) is 64.6 Å². The first-order valence-corrected chi connectivity index (χ1v) is 9.83. The molecule has 0 N–H and O–H groups in total. The smallest absolute Gasteiger partial charge is 0.270 e. The summed E-state index contributed by atoms with van der Waals surface area (Å²) in [4.78, 5) is 30.4. The summed E-state index contributed by atoms with van der Waals surface area (Å²) in [6.07, 6.45) is 3.93. The van der Waals surface area contributed by atoms with Crippen molar-refractivity contribution in [1.82, 2.24) is 14.4 Å². The molecule has 0 aliphatic carbocycles. The predicted octanol–water partition coefficient (Wildman–Crippen LogP) is 2.00. The number of carbonyl (C=O) groups is 2. The molecule has 1 aromatic rings. The number of piperazine rings is 1. The van der Waals surface area contributed by atoms with E-state index in [1.807, 2.05) is 34.7 Å². The fourth-order valence-electron chi connectivity index (χ4n) is 4.73. The number of rotatable bonds is 4. The Balaban J connectivity index is 1.51. The SMILES string of the molecule is CCn1cccc1C(=O)N1CC2CCC(C1)N2C(=O)C1(C(C)C)COC1. The first-order valence-electron chi connectivity index (χ1n) is 9.83. The third kappa shape index (κ3) is 2.49. The molecule has 2 bridgehead atoms. The zero-order valence-electron chi connectivity index (χ0n) is 16.0. The van der Waals surface area contributed by atoms with Crippen molar-refractivity contribution in [2.45, 2.75) is 52.2 Å². The molecule has 0 aromatic carbocycles. The molecule has 2 amide bonds. The third-order valence-electron chi connectivity index (χ3n) is 6.64. The highest BCUT2D eigenvalue weighted by molar-refractivity contribution is 5.93. The molecule has 2 atom stereocenters. The number of aryl methyl sites for hydroxylation is 1. The van der Waals surface area contributed by atoms with Gasteiger partial charge in [-0.1, -0.05) is 13.8 Å². The summed E-state index contributed by atoms with van der Waals surface area (Å²) in [5.74, 6) is 0.609. The fraction of sp³-hybridized carbons (Fsp3) is 0.700. The summed E-state index contributed by atoms with van der Waals surface area (Å²) in [7, 11) is 0. The number of nitrogens with zero attached hydrogens (tertiary/aromatic N) is 3. The maximum Gasteiger partial charge on any atom is 0.270 e. The average molecular weight is 359 g/mol. The summed E-state index contributed by atoms with van der Waals surface area (Å²) in [6, 6.07) is 4.11. The van der Waals surface area contributed by atoms with E-state index in [2.05, 4.69) is 18.7 Å². The van der Waals surface area contributed by atoms with Crippen molar-refractivity contribution < 1.29 is 14.3 Å². The van der Waals surface area contributed by atoms with E-state index in [0.29, 0.717) is 26.3 Å². The monoisotopic (exact) mass is 359 g/mol. The molecule has 4 heterocycles. The maximum atomic E-state index is 13.3. The minimum atomic E-state index is -0.357. The molecule has 0 radical (unpaired) electrons. The lowest BCUT2D eigenvalue weighted by atomic mass is 9.73. The van der Waals surface area contributed by atoms with Crippen molar-refractivity contribution in [1.29, 1.82) is 0 Å². The molecular formula is C20H29N3O3. The lowest BCUT2D eigenvalue weighted by Crippen LogP contribution is -2.65. The number of hydrogen-bond donors (Lipinski definition) is 0. The molecule has 0 spiro atoms. The Hall–Kier alpha value is -1.82. The highest BCUT2D eigenvalue weighted by Gasteiger charge is 2.55. The molecule has 4 rings (SSSR count). The van der Waals surface area contributed by atoms with E-state index in [-0.39, 0.29) is 35.2 Å². The number of ether oxygens (including phenoxy) is 1. The molecule has 6 nitrogen and oxygen atoms in total. The normalized spacial score (nSPS) is 26.9. The zero-order chi connectivity index (χ0) is 18.5. The molecule has 3 fully saturated rings. The molecule has 3 aliphatic rings. The molecule has 26 heavy (non-hydrogen) atoms. The van der Waals surface area contributed by atoms with E-state index in [4.69, 9.17) is 4.74 Å². The van der Waals surface area contributed by atoms with Crippen LogP contribution in [0.2, 0.25) is 0 Å². The van der Waals surface area contributed by atoms with E-state index >= 15 is 0 Å². The molecule has 3 aliphatic heterocycles. The van der Waals surface area contributed by atoms with Gasteiger partial charge in [0.05, 0.1) is 18.6 Å². The quantitative estimate of drug-likeness (QED) is 0.826. The van der Waals surface area contributed by atoms with Crippen LogP contribution in [0.25, 0.3) is 0 Å². The van der Waals surface area contributed by atoms with Crippen LogP contribution in [0.15, 0.2) is 18.3 Å². The molecular weight excluding hydrogens is 330 g/mol. The minimum absolute atomic E-state index is 0.0893. The molecule has 142 valence electrons. The van der Waals surface area contributed by atoms with Crippen LogP contribution in [0.4, 0.5) is 0 Å². The molecule has 2 unspecified atom stereocenters. The van der Waals surface area contributed by atoms with Gasteiger partial charge in [-0.25, -0.2) is 0 Å². The van der Waals surface area contributed by atoms with E-state index in [9.17, 15) is 9.59 Å². The number of hydrogen-bond acceptors (Lipinski definition) is 3. The topological polar surface area (TPSA) is 54.8 Å². The zero-order valence-corrected chi connectivity index (χ0v) is 16.0. The number of carbonyl (C=O) groups excluding carboxylic acids is 2. The first-order chi connectivity index (χ1) is 12.5. The van der Waals surface area contributed by atoms with Crippen LogP contribution in [0.1, 0.15) is 44.1 Å². The third-order valence-corrected chi connectivity index (χ3v) is 6.64. The van der Waals surface area contributed by atoms with Gasteiger partial charge in [0.1, 0.15) is 5.69 Å². The predicted molar refractivity (Wildman–Crippen MR) is 97.8 cm³/mol. The van der Waals surface area contributed by atoms with Crippen LogP contribution in [-0.2, 0) is 16.1 Å². The summed E-state index contributed by atoms with van der Waals surface area (Å²) in [6.45, 7) is 9.41. The van der Waals surface area contributed by atoms with Crippen molar-refractivity contribution in [3.8, 4) is 0 Å². The van der Waals surface area contributed by atoms with Crippen molar-refractivity contribution >= 4 is 11.8 Å². The van der Waals surface area contributed by atoms with Gasteiger partial charge in [-0.2, -0.15) is 0 Å². The lowest BCUT2D eigenvalue weighted by Gasteiger charge is -2.50. The number of fused-ring (bicyclic) bond motifs is 2. The fourth-order valence-corrected chi connectivity index (χ4v) is 4.73.